The Morgan fingerprint density at radius 1 is 1.11 bits per heavy atom. The van der Waals surface area contributed by atoms with Crippen molar-refractivity contribution in [3.8, 4) is 5.75 Å². The number of benzene rings is 3. The minimum Gasteiger partial charge on any atom is -0.488 e. The monoisotopic (exact) mass is 496 g/mol. The fourth-order valence-electron chi connectivity index (χ4n) is 5.05. The van der Waals surface area contributed by atoms with E-state index < -0.39 is 5.76 Å². The summed E-state index contributed by atoms with van der Waals surface area (Å²) in [7, 11) is 0. The van der Waals surface area contributed by atoms with Crippen LogP contribution in [0.2, 0.25) is 0 Å². The van der Waals surface area contributed by atoms with E-state index >= 15 is 0 Å². The number of fused-ring (bicyclic) bond motifs is 3. The summed E-state index contributed by atoms with van der Waals surface area (Å²) in [5.74, 6) is 0.887. The van der Waals surface area contributed by atoms with Gasteiger partial charge >= 0.3 is 5.76 Å². The molecule has 0 atom stereocenters. The molecule has 3 aromatic carbocycles. The van der Waals surface area contributed by atoms with Crippen molar-refractivity contribution in [1.29, 1.82) is 0 Å². The second-order valence-electron chi connectivity index (χ2n) is 9.22. The van der Waals surface area contributed by atoms with Gasteiger partial charge in [-0.1, -0.05) is 36.3 Å². The minimum absolute atomic E-state index is 0.293. The number of aromatic nitrogens is 4. The molecule has 6 rings (SSSR count). The molecule has 8 heteroatoms. The van der Waals surface area contributed by atoms with Crippen LogP contribution in [-0.4, -0.2) is 19.7 Å². The van der Waals surface area contributed by atoms with E-state index in [1.165, 1.54) is 12.1 Å². The van der Waals surface area contributed by atoms with Crippen LogP contribution in [0.25, 0.3) is 22.2 Å². The Bertz CT molecular complexity index is 1730. The molecular formula is C29H25FN4O3. The first-order valence-corrected chi connectivity index (χ1v) is 12.3. The third-order valence-corrected chi connectivity index (χ3v) is 6.75. The van der Waals surface area contributed by atoms with Gasteiger partial charge in [0.1, 0.15) is 24.0 Å². The van der Waals surface area contributed by atoms with Crippen LogP contribution >= 0.6 is 0 Å². The van der Waals surface area contributed by atoms with E-state index in [4.69, 9.17) is 14.2 Å². The highest BCUT2D eigenvalue weighted by molar-refractivity contribution is 5.99. The Labute approximate surface area is 212 Å². The van der Waals surface area contributed by atoms with Crippen molar-refractivity contribution in [1.82, 2.24) is 19.7 Å². The number of hydrogen-bond acceptors (Lipinski definition) is 5. The zero-order valence-corrected chi connectivity index (χ0v) is 20.5. The van der Waals surface area contributed by atoms with Crippen LogP contribution in [-0.2, 0) is 19.6 Å². The molecule has 0 saturated heterocycles. The molecule has 0 unspecified atom stereocenters. The van der Waals surface area contributed by atoms with Crippen molar-refractivity contribution in [2.24, 2.45) is 0 Å². The zero-order valence-electron chi connectivity index (χ0n) is 20.5. The van der Waals surface area contributed by atoms with Gasteiger partial charge in [0.15, 0.2) is 5.82 Å². The van der Waals surface area contributed by atoms with Gasteiger partial charge in [0.2, 0.25) is 0 Å². The highest BCUT2D eigenvalue weighted by Gasteiger charge is 2.24. The van der Waals surface area contributed by atoms with Crippen molar-refractivity contribution >= 4 is 22.2 Å². The number of para-hydroxylation sites is 2. The van der Waals surface area contributed by atoms with Gasteiger partial charge in [0.25, 0.3) is 0 Å². The highest BCUT2D eigenvalue weighted by Crippen LogP contribution is 2.41. The largest absolute Gasteiger partial charge is 0.488 e. The molecule has 0 bridgehead atoms. The summed E-state index contributed by atoms with van der Waals surface area (Å²) in [6.45, 7) is 4.97. The lowest BCUT2D eigenvalue weighted by Gasteiger charge is -2.15. The molecule has 0 amide bonds. The number of hydrogen-bond donors (Lipinski definition) is 1. The molecule has 186 valence electrons. The van der Waals surface area contributed by atoms with Gasteiger partial charge in [-0.2, -0.15) is 0 Å². The first-order chi connectivity index (χ1) is 18.0. The summed E-state index contributed by atoms with van der Waals surface area (Å²) in [5, 5.41) is 3.87. The van der Waals surface area contributed by atoms with E-state index in [1.54, 1.807) is 6.07 Å². The molecule has 1 aliphatic rings. The van der Waals surface area contributed by atoms with E-state index in [9.17, 15) is 9.18 Å². The third kappa shape index (κ3) is 4.14. The predicted molar refractivity (Wildman–Crippen MR) is 139 cm³/mol. The Balaban J connectivity index is 1.49. The summed E-state index contributed by atoms with van der Waals surface area (Å²) in [6, 6.07) is 18.9. The number of aromatic amines is 1. The zero-order chi connectivity index (χ0) is 25.5. The summed E-state index contributed by atoms with van der Waals surface area (Å²) >= 11 is 0. The number of rotatable bonds is 5. The molecule has 0 fully saturated rings. The number of imidazole rings is 1. The molecular weight excluding hydrogens is 471 g/mol. The maximum atomic E-state index is 14.4. The average Bonchev–Trinajstić information content (AvgIpc) is 3.43. The fourth-order valence-corrected chi connectivity index (χ4v) is 5.05. The number of aryl methyl sites for hydroxylation is 1. The Morgan fingerprint density at radius 3 is 2.78 bits per heavy atom. The fraction of sp³-hybridized carbons (Fsp3) is 0.207. The Morgan fingerprint density at radius 2 is 1.97 bits per heavy atom. The topological polar surface area (TPSA) is 85.9 Å². The SMILES string of the molecule is CCCc1nc2ccccc2n1Cc1ccc2c(c1)COc1ccc(F)cc1/C2=C(/C)c1noc(=O)[nH]1. The summed E-state index contributed by atoms with van der Waals surface area (Å²) in [5.41, 5.74) is 7.02. The van der Waals surface area contributed by atoms with Crippen LogP contribution < -0.4 is 10.5 Å². The van der Waals surface area contributed by atoms with E-state index in [2.05, 4.69) is 39.8 Å². The van der Waals surface area contributed by atoms with Crippen LogP contribution in [0.3, 0.4) is 0 Å². The quantitative estimate of drug-likeness (QED) is 0.336. The molecule has 1 N–H and O–H groups in total. The molecule has 1 aliphatic heterocycles. The molecule has 2 aromatic heterocycles. The van der Waals surface area contributed by atoms with Crippen molar-refractivity contribution < 1.29 is 13.7 Å². The van der Waals surface area contributed by atoms with Crippen molar-refractivity contribution in [2.45, 2.75) is 39.8 Å². The number of halogens is 1. The average molecular weight is 497 g/mol. The minimum atomic E-state index is -0.648. The van der Waals surface area contributed by atoms with Gasteiger partial charge in [-0.15, -0.1) is 0 Å². The van der Waals surface area contributed by atoms with E-state index in [-0.39, 0.29) is 5.82 Å². The van der Waals surface area contributed by atoms with Gasteiger partial charge in [0, 0.05) is 24.1 Å². The van der Waals surface area contributed by atoms with E-state index in [0.29, 0.717) is 35.9 Å². The number of ether oxygens (including phenoxy) is 1. The van der Waals surface area contributed by atoms with Crippen LogP contribution in [0.1, 0.15) is 54.2 Å². The van der Waals surface area contributed by atoms with Gasteiger partial charge in [-0.25, -0.2) is 14.2 Å². The number of H-pyrrole nitrogens is 1. The first-order valence-electron chi connectivity index (χ1n) is 12.3. The van der Waals surface area contributed by atoms with Crippen molar-refractivity contribution in [3.05, 3.63) is 111 Å². The first kappa shape index (κ1) is 23.0. The molecule has 0 radical (unpaired) electrons. The molecule has 0 saturated carbocycles. The number of nitrogens with one attached hydrogen (secondary N) is 1. The van der Waals surface area contributed by atoms with Gasteiger partial charge in [-0.3, -0.25) is 9.51 Å². The molecule has 7 nitrogen and oxygen atoms in total. The highest BCUT2D eigenvalue weighted by atomic mass is 19.1. The maximum Gasteiger partial charge on any atom is 0.439 e. The predicted octanol–water partition coefficient (Wildman–Crippen LogP) is 5.72. The van der Waals surface area contributed by atoms with Gasteiger partial charge < -0.3 is 9.30 Å². The third-order valence-electron chi connectivity index (χ3n) is 6.75. The van der Waals surface area contributed by atoms with Crippen LogP contribution in [0.4, 0.5) is 4.39 Å². The van der Waals surface area contributed by atoms with Crippen molar-refractivity contribution in [3.63, 3.8) is 0 Å². The second-order valence-corrected chi connectivity index (χ2v) is 9.22. The van der Waals surface area contributed by atoms with E-state index in [0.717, 1.165) is 52.0 Å². The maximum absolute atomic E-state index is 14.4. The van der Waals surface area contributed by atoms with Crippen LogP contribution in [0.15, 0.2) is 70.0 Å². The molecule has 0 spiro atoms. The summed E-state index contributed by atoms with van der Waals surface area (Å²) in [6.07, 6.45) is 1.90. The van der Waals surface area contributed by atoms with Crippen molar-refractivity contribution in [2.75, 3.05) is 0 Å². The second kappa shape index (κ2) is 9.20. The standard InChI is InChI=1S/C29H25FN4O3/c1-3-6-26-31-23-7-4-5-8-24(23)34(26)15-18-9-11-21-19(13-18)16-36-25-12-10-20(30)14-22(25)27(21)17(2)28-32-29(35)37-33-28/h4-5,7-14H,3,6,15-16H2,1-2H3,(H,32,33,35)/b27-17-. The van der Waals surface area contributed by atoms with Gasteiger partial charge in [-0.05, 0) is 72.0 Å². The normalized spacial score (nSPS) is 14.1. The number of nitrogens with zero attached hydrogens (tertiary/aromatic N) is 3. The van der Waals surface area contributed by atoms with Crippen LogP contribution in [0.5, 0.6) is 5.75 Å². The number of allylic oxidation sites excluding steroid dienone is 1. The lowest BCUT2D eigenvalue weighted by atomic mass is 9.89. The molecule has 5 aromatic rings. The van der Waals surface area contributed by atoms with Crippen LogP contribution in [0, 0.1) is 5.82 Å². The molecule has 0 aliphatic carbocycles. The lowest BCUT2D eigenvalue weighted by molar-refractivity contribution is 0.306. The molecule has 37 heavy (non-hydrogen) atoms. The Kier molecular flexibility index (Phi) is 5.71. The Hall–Kier alpha value is -4.46. The summed E-state index contributed by atoms with van der Waals surface area (Å²) in [4.78, 5) is 19.1. The lowest BCUT2D eigenvalue weighted by Crippen LogP contribution is -2.07. The molecule has 3 heterocycles. The smallest absolute Gasteiger partial charge is 0.439 e. The summed E-state index contributed by atoms with van der Waals surface area (Å²) < 4.78 is 27.5. The van der Waals surface area contributed by atoms with Gasteiger partial charge in [0.05, 0.1) is 11.0 Å². The van der Waals surface area contributed by atoms with E-state index in [1.807, 2.05) is 31.2 Å².